The van der Waals surface area contributed by atoms with Gasteiger partial charge in [0.2, 0.25) is 0 Å². The quantitative estimate of drug-likeness (QED) is 0.161. The van der Waals surface area contributed by atoms with Gasteiger partial charge in [0.15, 0.2) is 0 Å². The Morgan fingerprint density at radius 1 is 0.526 bits per heavy atom. The molecule has 0 spiro atoms. The number of nitrogens with zero attached hydrogens (tertiary/aromatic N) is 2. The van der Waals surface area contributed by atoms with Crippen LogP contribution in [0.4, 0.5) is 11.4 Å². The number of hydrogen-bond acceptors (Lipinski definition) is 3. The maximum atomic E-state index is 7.52. The Morgan fingerprint density at radius 2 is 1.14 bits per heavy atom. The topological polar surface area (TPSA) is 21.3 Å². The van der Waals surface area contributed by atoms with Crippen LogP contribution in [0, 0.1) is 0 Å². The second-order valence-electron chi connectivity index (χ2n) is 28.5. The number of hydrogen-bond donors (Lipinski definition) is 0. The molecule has 3 nitrogen and oxygen atoms in total. The minimum Gasteiger partial charge on any atom is -0.455 e. The Bertz CT molecular complexity index is 4510. The zero-order valence-electron chi connectivity index (χ0n) is 47.8. The summed E-state index contributed by atoms with van der Waals surface area (Å²) in [6.07, 6.45) is 4.68. The lowest BCUT2D eigenvalue weighted by Crippen LogP contribution is -2.59. The Labute approximate surface area is 464 Å². The van der Waals surface area contributed by atoms with Crippen LogP contribution < -0.4 is 15.1 Å². The predicted molar refractivity (Wildman–Crippen MR) is 335 cm³/mol. The highest BCUT2D eigenvalue weighted by molar-refractivity contribution is 7.32. The van der Waals surface area contributed by atoms with Gasteiger partial charge in [-0.2, -0.15) is 0 Å². The first kappa shape index (κ1) is 47.2. The fraction of sp³-hybridized carbons (Fsp3) is 0.315. The van der Waals surface area contributed by atoms with E-state index < -0.39 is 0 Å². The van der Waals surface area contributed by atoms with Crippen molar-refractivity contribution in [3.05, 3.63) is 172 Å². The Hall–Kier alpha value is -6.82. The first-order valence-electron chi connectivity index (χ1n) is 28.9. The summed E-state index contributed by atoms with van der Waals surface area (Å²) in [5.41, 5.74) is 27.8. The Kier molecular flexibility index (Phi) is 9.01. The van der Waals surface area contributed by atoms with Crippen LogP contribution >= 0.6 is 11.3 Å². The third-order valence-electron chi connectivity index (χ3n) is 20.6. The van der Waals surface area contributed by atoms with Crippen LogP contribution in [0.5, 0.6) is 0 Å². The summed E-state index contributed by atoms with van der Waals surface area (Å²) >= 11 is 2.00. The number of rotatable bonds is 2. The van der Waals surface area contributed by atoms with Crippen LogP contribution in [0.1, 0.15) is 155 Å². The zero-order valence-corrected chi connectivity index (χ0v) is 48.6. The van der Waals surface area contributed by atoms with E-state index in [1.54, 1.807) is 0 Å². The summed E-state index contributed by atoms with van der Waals surface area (Å²) in [4.78, 5) is 2.79. The highest BCUT2D eigenvalue weighted by Crippen LogP contribution is 2.60. The van der Waals surface area contributed by atoms with Crippen molar-refractivity contribution in [2.24, 2.45) is 0 Å². The molecule has 16 rings (SSSR count). The monoisotopic (exact) mass is 1030 g/mol. The lowest BCUT2D eigenvalue weighted by atomic mass is 9.46. The maximum absolute atomic E-state index is 7.52. The van der Waals surface area contributed by atoms with Crippen molar-refractivity contribution >= 4 is 93.6 Å². The summed E-state index contributed by atoms with van der Waals surface area (Å²) in [5, 5.41) is 6.25. The summed E-state index contributed by atoms with van der Waals surface area (Å²) < 4.78 is 13.0. The third kappa shape index (κ3) is 6.02. The number of thiophene rings is 1. The van der Waals surface area contributed by atoms with Crippen molar-refractivity contribution in [1.29, 1.82) is 0 Å². The van der Waals surface area contributed by atoms with Gasteiger partial charge in [0.05, 0.1) is 22.1 Å². The van der Waals surface area contributed by atoms with Gasteiger partial charge in [-0.15, -0.1) is 11.3 Å². The molecule has 0 radical (unpaired) electrons. The molecule has 0 saturated heterocycles. The molecule has 5 aliphatic rings. The molecule has 0 atom stereocenters. The van der Waals surface area contributed by atoms with Crippen molar-refractivity contribution in [3.63, 3.8) is 0 Å². The molecule has 0 bridgehead atoms. The van der Waals surface area contributed by atoms with E-state index in [0.717, 1.165) is 24.0 Å². The van der Waals surface area contributed by atoms with Gasteiger partial charge in [0, 0.05) is 53.4 Å². The SMILES string of the molecule is CC(C)(C)c1ccc(N2B3c4sc5ccc(-c6ccccc6)cc5c4-n4c5cc6c(cc5c5c7oc8ccccc8c7c(c3c54)-c3cc4c(cc32)C(C)(C)c2cc3c(cc2-4)C(C)(C)CCC3(C)C)C(C)(C)CCC6(C)C)cc1. The fourth-order valence-electron chi connectivity index (χ4n) is 15.8. The first-order valence-corrected chi connectivity index (χ1v) is 29.8. The summed E-state index contributed by atoms with van der Waals surface area (Å²) in [6.45, 7) is 31.7. The summed E-state index contributed by atoms with van der Waals surface area (Å²) in [6, 6.07) is 52.7. The highest BCUT2D eigenvalue weighted by Gasteiger charge is 2.50. The molecule has 5 heteroatoms. The van der Waals surface area contributed by atoms with Crippen molar-refractivity contribution in [1.82, 2.24) is 4.57 Å². The van der Waals surface area contributed by atoms with Crippen LogP contribution in [0.25, 0.3) is 92.9 Å². The van der Waals surface area contributed by atoms with Crippen molar-refractivity contribution in [2.45, 2.75) is 148 Å². The molecule has 3 aliphatic carbocycles. The van der Waals surface area contributed by atoms with Gasteiger partial charge in [-0.1, -0.05) is 163 Å². The van der Waals surface area contributed by atoms with E-state index >= 15 is 0 Å². The predicted octanol–water partition coefficient (Wildman–Crippen LogP) is 19.1. The van der Waals surface area contributed by atoms with Gasteiger partial charge in [0.25, 0.3) is 0 Å². The average molecular weight is 1030 g/mol. The number of furan rings is 1. The van der Waals surface area contributed by atoms with Crippen LogP contribution in [-0.2, 0) is 32.5 Å². The van der Waals surface area contributed by atoms with E-state index in [1.165, 1.54) is 155 Å². The molecule has 3 aromatic heterocycles. The van der Waals surface area contributed by atoms with Gasteiger partial charge in [-0.05, 0) is 186 Å². The van der Waals surface area contributed by atoms with Gasteiger partial charge >= 0.3 is 6.85 Å². The molecule has 386 valence electrons. The highest BCUT2D eigenvalue weighted by atomic mass is 32.1. The van der Waals surface area contributed by atoms with Crippen LogP contribution in [-0.4, -0.2) is 11.4 Å². The molecule has 0 saturated carbocycles. The Morgan fingerprint density at radius 3 is 1.83 bits per heavy atom. The maximum Gasteiger partial charge on any atom is 0.343 e. The van der Waals surface area contributed by atoms with Crippen LogP contribution in [0.2, 0.25) is 0 Å². The summed E-state index contributed by atoms with van der Waals surface area (Å²) in [5.74, 6) is 0. The van der Waals surface area contributed by atoms with E-state index in [0.29, 0.717) is 0 Å². The molecular weight excluding hydrogens is 964 g/mol. The van der Waals surface area contributed by atoms with Gasteiger partial charge in [0.1, 0.15) is 11.2 Å². The van der Waals surface area contributed by atoms with Gasteiger partial charge in [-0.25, -0.2) is 0 Å². The third-order valence-corrected chi connectivity index (χ3v) is 21.9. The molecule has 0 N–H and O–H groups in total. The lowest BCUT2D eigenvalue weighted by Gasteiger charge is -2.42. The number of para-hydroxylation sites is 1. The van der Waals surface area contributed by atoms with Crippen molar-refractivity contribution in [2.75, 3.05) is 4.81 Å². The van der Waals surface area contributed by atoms with E-state index in [4.69, 9.17) is 4.42 Å². The zero-order chi connectivity index (χ0) is 53.7. The first-order chi connectivity index (χ1) is 37.0. The molecule has 8 aromatic carbocycles. The lowest BCUT2D eigenvalue weighted by molar-refractivity contribution is 0.331. The number of benzene rings is 8. The number of fused-ring (bicyclic) bond motifs is 20. The standard InChI is InChI=1S/C73H69BN2OS/c1-68(2,3)42-24-26-43(27-25-42)76-57-38-51-45(46-35-52-54(37-50(46)73(51,12)13)71(8,9)31-29-69(52,4)5)34-47(57)60-61-44-21-17-18-22-58(44)77-66(61)62-48-36-53-55(72(10,11)32-30-70(53,6)7)39-56(48)75-64-49-33-41(40-19-15-14-16-20-40)23-28-59(49)78-67(64)74(76)63(60)65(62)75/h14-28,33-39H,29-32H2,1-13H3. The molecular formula is C73H69BN2OS. The van der Waals surface area contributed by atoms with Crippen LogP contribution in [0.3, 0.4) is 0 Å². The van der Waals surface area contributed by atoms with Crippen LogP contribution in [0.15, 0.2) is 138 Å². The van der Waals surface area contributed by atoms with E-state index in [9.17, 15) is 0 Å². The molecule has 0 fully saturated rings. The van der Waals surface area contributed by atoms with E-state index in [-0.39, 0.29) is 39.3 Å². The Balaban J connectivity index is 1.12. The molecule has 2 aliphatic heterocycles. The molecule has 0 amide bonds. The normalized spacial score (nSPS) is 18.6. The second kappa shape index (κ2) is 14.9. The molecule has 78 heavy (non-hydrogen) atoms. The second-order valence-corrected chi connectivity index (χ2v) is 29.6. The smallest absolute Gasteiger partial charge is 0.343 e. The fourth-order valence-corrected chi connectivity index (χ4v) is 17.1. The van der Waals surface area contributed by atoms with E-state index in [1.807, 2.05) is 11.3 Å². The number of anilines is 2. The van der Waals surface area contributed by atoms with E-state index in [2.05, 4.69) is 233 Å². The molecule has 5 heterocycles. The van der Waals surface area contributed by atoms with Crippen molar-refractivity contribution < 1.29 is 4.42 Å². The molecule has 11 aromatic rings. The van der Waals surface area contributed by atoms with Gasteiger partial charge in [-0.3, -0.25) is 0 Å². The largest absolute Gasteiger partial charge is 0.455 e. The average Bonchev–Trinajstić information content (AvgIpc) is 2.35. The molecule has 0 unspecified atom stereocenters. The number of aromatic nitrogens is 1. The minimum absolute atomic E-state index is 0.00709. The van der Waals surface area contributed by atoms with Crippen molar-refractivity contribution in [3.8, 4) is 39.1 Å². The van der Waals surface area contributed by atoms with Gasteiger partial charge < -0.3 is 13.8 Å². The minimum atomic E-state index is -0.230. The summed E-state index contributed by atoms with van der Waals surface area (Å²) in [7, 11) is 0.